The van der Waals surface area contributed by atoms with Gasteiger partial charge in [0.1, 0.15) is 18.2 Å². The van der Waals surface area contributed by atoms with E-state index < -0.39 is 5.91 Å². The van der Waals surface area contributed by atoms with Crippen molar-refractivity contribution in [1.82, 2.24) is 5.32 Å². The highest BCUT2D eigenvalue weighted by atomic mass is 127. The lowest BCUT2D eigenvalue weighted by molar-refractivity contribution is -0.117. The molecule has 0 fully saturated rings. The summed E-state index contributed by atoms with van der Waals surface area (Å²) in [7, 11) is 1.57. The molecule has 0 aliphatic carbocycles. The molecule has 5 nitrogen and oxygen atoms in total. The first kappa shape index (κ1) is 22.6. The molecule has 0 bridgehead atoms. The van der Waals surface area contributed by atoms with Gasteiger partial charge in [-0.3, -0.25) is 4.79 Å². The smallest absolute Gasteiger partial charge is 0.262 e. The molecule has 0 saturated carbocycles. The van der Waals surface area contributed by atoms with E-state index in [0.717, 1.165) is 19.9 Å². The molecular formula is C25H23IN2O3. The summed E-state index contributed by atoms with van der Waals surface area (Å²) in [5.41, 5.74) is 1.81. The lowest BCUT2D eigenvalue weighted by Crippen LogP contribution is -2.30. The zero-order valence-electron chi connectivity index (χ0n) is 17.6. The van der Waals surface area contributed by atoms with Gasteiger partial charge in [0, 0.05) is 6.04 Å². The van der Waals surface area contributed by atoms with Crippen LogP contribution in [0, 0.1) is 14.9 Å². The third-order valence-corrected chi connectivity index (χ3v) is 5.40. The average molecular weight is 526 g/mol. The number of nitriles is 1. The van der Waals surface area contributed by atoms with Gasteiger partial charge >= 0.3 is 0 Å². The minimum absolute atomic E-state index is 0.0379. The van der Waals surface area contributed by atoms with Crippen LogP contribution in [-0.2, 0) is 11.4 Å². The number of hydrogen-bond acceptors (Lipinski definition) is 4. The molecule has 3 aromatic carbocycles. The average Bonchev–Trinajstić information content (AvgIpc) is 2.75. The molecule has 0 saturated heterocycles. The van der Waals surface area contributed by atoms with Crippen LogP contribution >= 0.6 is 22.6 Å². The van der Waals surface area contributed by atoms with Gasteiger partial charge in [-0.25, -0.2) is 0 Å². The first-order valence-corrected chi connectivity index (χ1v) is 10.9. The van der Waals surface area contributed by atoms with Crippen LogP contribution in [0.3, 0.4) is 0 Å². The fraction of sp³-hybridized carbons (Fsp3) is 0.200. The summed E-state index contributed by atoms with van der Waals surface area (Å²) >= 11 is 2.17. The SMILES string of the molecule is COc1cc(/C=C(/C#N)C(=O)NC(C)C)cc(I)c1OCc1cccc2ccccc12. The van der Waals surface area contributed by atoms with Crippen molar-refractivity contribution in [2.24, 2.45) is 0 Å². The molecule has 0 unspecified atom stereocenters. The van der Waals surface area contributed by atoms with Crippen LogP contribution < -0.4 is 14.8 Å². The minimum atomic E-state index is -0.400. The number of rotatable bonds is 7. The largest absolute Gasteiger partial charge is 0.493 e. The number of halogens is 1. The highest BCUT2D eigenvalue weighted by Crippen LogP contribution is 2.35. The van der Waals surface area contributed by atoms with E-state index in [1.54, 1.807) is 19.3 Å². The minimum Gasteiger partial charge on any atom is -0.493 e. The maximum atomic E-state index is 12.2. The lowest BCUT2D eigenvalue weighted by Gasteiger charge is -2.15. The topological polar surface area (TPSA) is 71.3 Å². The Balaban J connectivity index is 1.88. The van der Waals surface area contributed by atoms with E-state index in [4.69, 9.17) is 9.47 Å². The fourth-order valence-corrected chi connectivity index (χ4v) is 3.97. The van der Waals surface area contributed by atoms with Gasteiger partial charge in [0.05, 0.1) is 10.7 Å². The normalized spacial score (nSPS) is 11.3. The van der Waals surface area contributed by atoms with Crippen LogP contribution in [0.25, 0.3) is 16.8 Å². The van der Waals surface area contributed by atoms with Gasteiger partial charge in [-0.2, -0.15) is 5.26 Å². The fourth-order valence-electron chi connectivity index (χ4n) is 3.19. The van der Waals surface area contributed by atoms with Crippen LogP contribution in [0.5, 0.6) is 11.5 Å². The number of carbonyl (C=O) groups excluding carboxylic acids is 1. The molecule has 158 valence electrons. The highest BCUT2D eigenvalue weighted by Gasteiger charge is 2.15. The lowest BCUT2D eigenvalue weighted by atomic mass is 10.1. The Hall–Kier alpha value is -3.05. The van der Waals surface area contributed by atoms with Gasteiger partial charge in [-0.1, -0.05) is 42.5 Å². The first-order valence-electron chi connectivity index (χ1n) is 9.82. The van der Waals surface area contributed by atoms with Crippen molar-refractivity contribution in [2.75, 3.05) is 7.11 Å². The summed E-state index contributed by atoms with van der Waals surface area (Å²) in [5, 5.41) is 14.4. The Bertz CT molecular complexity index is 1170. The van der Waals surface area contributed by atoms with E-state index in [1.807, 2.05) is 50.2 Å². The number of fused-ring (bicyclic) bond motifs is 1. The molecule has 3 aromatic rings. The van der Waals surface area contributed by atoms with Gasteiger partial charge in [0.2, 0.25) is 0 Å². The Morgan fingerprint density at radius 3 is 2.65 bits per heavy atom. The molecule has 6 heteroatoms. The number of nitrogens with one attached hydrogen (secondary N) is 1. The Kier molecular flexibility index (Phi) is 7.53. The summed E-state index contributed by atoms with van der Waals surface area (Å²) in [5.74, 6) is 0.765. The van der Waals surface area contributed by atoms with E-state index in [1.165, 1.54) is 0 Å². The molecule has 31 heavy (non-hydrogen) atoms. The molecule has 0 atom stereocenters. The van der Waals surface area contributed by atoms with Gasteiger partial charge in [0.15, 0.2) is 11.5 Å². The molecular weight excluding hydrogens is 503 g/mol. The molecule has 3 rings (SSSR count). The van der Waals surface area contributed by atoms with Gasteiger partial charge in [0.25, 0.3) is 5.91 Å². The van der Waals surface area contributed by atoms with E-state index in [-0.39, 0.29) is 11.6 Å². The summed E-state index contributed by atoms with van der Waals surface area (Å²) < 4.78 is 12.5. The maximum Gasteiger partial charge on any atom is 0.262 e. The standard InChI is InChI=1S/C25H23IN2O3/c1-16(2)28-25(29)20(14-27)11-17-12-22(26)24(23(13-17)30-3)31-15-19-9-6-8-18-7-4-5-10-21(18)19/h4-13,16H,15H2,1-3H3,(H,28,29)/b20-11-. The highest BCUT2D eigenvalue weighted by molar-refractivity contribution is 14.1. The summed E-state index contributed by atoms with van der Waals surface area (Å²) in [6.45, 7) is 4.09. The number of ether oxygens (including phenoxy) is 2. The number of hydrogen-bond donors (Lipinski definition) is 1. The number of amides is 1. The summed E-state index contributed by atoms with van der Waals surface area (Å²) in [6.07, 6.45) is 1.55. The van der Waals surface area contributed by atoms with E-state index in [0.29, 0.717) is 23.7 Å². The van der Waals surface area contributed by atoms with E-state index in [9.17, 15) is 10.1 Å². The molecule has 0 aromatic heterocycles. The number of methoxy groups -OCH3 is 1. The monoisotopic (exact) mass is 526 g/mol. The molecule has 1 amide bonds. The second kappa shape index (κ2) is 10.3. The van der Waals surface area contributed by atoms with Gasteiger partial charge in [-0.15, -0.1) is 0 Å². The van der Waals surface area contributed by atoms with Gasteiger partial charge in [-0.05, 0) is 76.5 Å². The van der Waals surface area contributed by atoms with Gasteiger partial charge < -0.3 is 14.8 Å². The number of benzene rings is 3. The van der Waals surface area contributed by atoms with Crippen LogP contribution in [0.15, 0.2) is 60.2 Å². The van der Waals surface area contributed by atoms with Crippen molar-refractivity contribution in [3.8, 4) is 17.6 Å². The molecule has 0 radical (unpaired) electrons. The third-order valence-electron chi connectivity index (χ3n) is 4.60. The Morgan fingerprint density at radius 1 is 1.19 bits per heavy atom. The van der Waals surface area contributed by atoms with Crippen molar-refractivity contribution in [3.63, 3.8) is 0 Å². The summed E-state index contributed by atoms with van der Waals surface area (Å²) in [4.78, 5) is 12.2. The molecule has 0 aliphatic rings. The second-order valence-corrected chi connectivity index (χ2v) is 8.42. The van der Waals surface area contributed by atoms with E-state index >= 15 is 0 Å². The van der Waals surface area contributed by atoms with E-state index in [2.05, 4.69) is 46.1 Å². The van der Waals surface area contributed by atoms with Crippen molar-refractivity contribution >= 4 is 45.3 Å². The third kappa shape index (κ3) is 5.56. The number of carbonyl (C=O) groups is 1. The van der Waals surface area contributed by atoms with Crippen LogP contribution in [0.4, 0.5) is 0 Å². The zero-order valence-corrected chi connectivity index (χ0v) is 19.8. The molecule has 0 heterocycles. The first-order chi connectivity index (χ1) is 14.9. The van der Waals surface area contributed by atoms with Crippen LogP contribution in [0.2, 0.25) is 0 Å². The van der Waals surface area contributed by atoms with Crippen molar-refractivity contribution < 1.29 is 14.3 Å². The molecule has 1 N–H and O–H groups in total. The number of nitrogens with zero attached hydrogens (tertiary/aromatic N) is 1. The predicted molar refractivity (Wildman–Crippen MR) is 131 cm³/mol. The Labute approximate surface area is 195 Å². The van der Waals surface area contributed by atoms with Crippen LogP contribution in [-0.4, -0.2) is 19.1 Å². The second-order valence-electron chi connectivity index (χ2n) is 7.26. The van der Waals surface area contributed by atoms with Crippen molar-refractivity contribution in [2.45, 2.75) is 26.5 Å². The Morgan fingerprint density at radius 2 is 1.94 bits per heavy atom. The quantitative estimate of drug-likeness (QED) is 0.252. The van der Waals surface area contributed by atoms with Crippen LogP contribution in [0.1, 0.15) is 25.0 Å². The molecule has 0 spiro atoms. The molecule has 0 aliphatic heterocycles. The van der Waals surface area contributed by atoms with Crippen molar-refractivity contribution in [1.29, 1.82) is 5.26 Å². The predicted octanol–water partition coefficient (Wildman–Crippen LogP) is 5.46. The zero-order chi connectivity index (χ0) is 22.4. The maximum absolute atomic E-state index is 12.2. The summed E-state index contributed by atoms with van der Waals surface area (Å²) in [6, 6.07) is 19.9. The van der Waals surface area contributed by atoms with Crippen molar-refractivity contribution in [3.05, 3.63) is 74.9 Å².